The van der Waals surface area contributed by atoms with E-state index >= 15 is 0 Å². The van der Waals surface area contributed by atoms with E-state index in [0.29, 0.717) is 22.7 Å². The van der Waals surface area contributed by atoms with E-state index < -0.39 is 5.97 Å². The monoisotopic (exact) mass is 459 g/mol. The molecule has 0 aliphatic heterocycles. The molecule has 8 heteroatoms. The molecule has 0 atom stereocenters. The number of fused-ring (bicyclic) bond motifs is 1. The Morgan fingerprint density at radius 2 is 1.88 bits per heavy atom. The van der Waals surface area contributed by atoms with Crippen LogP contribution in [-0.4, -0.2) is 34.5 Å². The van der Waals surface area contributed by atoms with E-state index in [0.717, 1.165) is 16.9 Å². The fraction of sp³-hybridized carbons (Fsp3) is 0.192. The van der Waals surface area contributed by atoms with Crippen LogP contribution in [0.5, 0.6) is 11.5 Å². The third kappa shape index (κ3) is 5.53. The highest BCUT2D eigenvalue weighted by molar-refractivity contribution is 6.06. The fourth-order valence-electron chi connectivity index (χ4n) is 3.41. The van der Waals surface area contributed by atoms with Crippen LogP contribution >= 0.6 is 0 Å². The maximum absolute atomic E-state index is 13.0. The number of pyridine rings is 1. The van der Waals surface area contributed by atoms with Crippen molar-refractivity contribution in [3.63, 3.8) is 0 Å². The summed E-state index contributed by atoms with van der Waals surface area (Å²) in [5, 5.41) is 2.84. The summed E-state index contributed by atoms with van der Waals surface area (Å²) < 4.78 is 18.2. The van der Waals surface area contributed by atoms with Crippen molar-refractivity contribution in [2.75, 3.05) is 18.5 Å². The molecule has 2 heterocycles. The Labute approximate surface area is 197 Å². The first-order chi connectivity index (χ1) is 16.5. The van der Waals surface area contributed by atoms with Gasteiger partial charge in [-0.3, -0.25) is 4.79 Å². The normalized spacial score (nSPS) is 10.6. The molecule has 2 aromatic heterocycles. The topological polar surface area (TPSA) is 91.2 Å². The number of ether oxygens (including phenoxy) is 3. The van der Waals surface area contributed by atoms with Crippen LogP contribution < -0.4 is 14.8 Å². The number of benzene rings is 2. The van der Waals surface area contributed by atoms with Crippen LogP contribution in [0.2, 0.25) is 0 Å². The lowest BCUT2D eigenvalue weighted by Gasteiger charge is -2.12. The average Bonchev–Trinajstić information content (AvgIpc) is 3.27. The van der Waals surface area contributed by atoms with Gasteiger partial charge in [0.1, 0.15) is 23.8 Å². The Bertz CT molecular complexity index is 1310. The highest BCUT2D eigenvalue weighted by Crippen LogP contribution is 2.23. The van der Waals surface area contributed by atoms with Crippen molar-refractivity contribution in [1.82, 2.24) is 9.38 Å². The number of carbonyl (C=O) groups is 2. The Morgan fingerprint density at radius 3 is 2.71 bits per heavy atom. The second kappa shape index (κ2) is 10.5. The minimum absolute atomic E-state index is 0.204. The lowest BCUT2D eigenvalue weighted by atomic mass is 10.2. The van der Waals surface area contributed by atoms with E-state index in [1.807, 2.05) is 41.9 Å². The average molecular weight is 460 g/mol. The highest BCUT2D eigenvalue weighted by atomic mass is 16.6. The van der Waals surface area contributed by atoms with Gasteiger partial charge in [0, 0.05) is 24.1 Å². The third-order valence-corrected chi connectivity index (χ3v) is 4.99. The van der Waals surface area contributed by atoms with Gasteiger partial charge in [-0.25, -0.2) is 9.78 Å². The van der Waals surface area contributed by atoms with E-state index in [2.05, 4.69) is 10.3 Å². The largest absolute Gasteiger partial charge is 0.486 e. The number of hydrogen-bond donors (Lipinski definition) is 1. The van der Waals surface area contributed by atoms with E-state index in [1.165, 1.54) is 0 Å². The van der Waals surface area contributed by atoms with E-state index in [4.69, 9.17) is 14.2 Å². The molecule has 0 saturated heterocycles. The summed E-state index contributed by atoms with van der Waals surface area (Å²) in [5.74, 6) is 0.105. The molecule has 0 aliphatic rings. The van der Waals surface area contributed by atoms with E-state index in [1.54, 1.807) is 49.4 Å². The molecule has 34 heavy (non-hydrogen) atoms. The van der Waals surface area contributed by atoms with Crippen molar-refractivity contribution in [2.45, 2.75) is 20.5 Å². The first-order valence-corrected chi connectivity index (χ1v) is 10.9. The van der Waals surface area contributed by atoms with Crippen molar-refractivity contribution in [1.29, 1.82) is 0 Å². The molecule has 174 valence electrons. The summed E-state index contributed by atoms with van der Waals surface area (Å²) in [5.41, 5.74) is 3.62. The van der Waals surface area contributed by atoms with Crippen LogP contribution in [0.3, 0.4) is 0 Å². The van der Waals surface area contributed by atoms with E-state index in [-0.39, 0.29) is 25.7 Å². The number of imidazole rings is 1. The SMILES string of the molecule is CCOC(=O)COc1cccc(NC(=O)c2ccccc2OCc2cn3cccc(C)c3n2)c1. The number of nitrogens with one attached hydrogen (secondary N) is 1. The molecular weight excluding hydrogens is 434 g/mol. The number of hydrogen-bond acceptors (Lipinski definition) is 6. The number of rotatable bonds is 9. The molecule has 0 saturated carbocycles. The summed E-state index contributed by atoms with van der Waals surface area (Å²) in [6, 6.07) is 17.8. The molecule has 8 nitrogen and oxygen atoms in total. The maximum atomic E-state index is 13.0. The zero-order valence-corrected chi connectivity index (χ0v) is 19.0. The molecule has 0 fully saturated rings. The molecule has 0 radical (unpaired) electrons. The van der Waals surface area contributed by atoms with Crippen LogP contribution in [0.25, 0.3) is 5.65 Å². The number of anilines is 1. The zero-order chi connectivity index (χ0) is 23.9. The molecule has 4 rings (SSSR count). The van der Waals surface area contributed by atoms with Crippen molar-refractivity contribution in [2.24, 2.45) is 0 Å². The first kappa shape index (κ1) is 22.8. The Morgan fingerprint density at radius 1 is 1.03 bits per heavy atom. The van der Waals surface area contributed by atoms with Gasteiger partial charge in [0.25, 0.3) is 5.91 Å². The quantitative estimate of drug-likeness (QED) is 0.373. The second-order valence-corrected chi connectivity index (χ2v) is 7.51. The summed E-state index contributed by atoms with van der Waals surface area (Å²) in [6.45, 7) is 4.04. The van der Waals surface area contributed by atoms with Gasteiger partial charge in [-0.15, -0.1) is 0 Å². The number of carbonyl (C=O) groups excluding carboxylic acids is 2. The van der Waals surface area contributed by atoms with Gasteiger partial charge in [-0.05, 0) is 49.7 Å². The molecule has 0 spiro atoms. The summed E-state index contributed by atoms with van der Waals surface area (Å²) in [4.78, 5) is 29.1. The Hall–Kier alpha value is -4.33. The highest BCUT2D eigenvalue weighted by Gasteiger charge is 2.14. The van der Waals surface area contributed by atoms with Gasteiger partial charge in [0.05, 0.1) is 17.9 Å². The van der Waals surface area contributed by atoms with Crippen LogP contribution in [0.4, 0.5) is 5.69 Å². The number of nitrogens with zero attached hydrogens (tertiary/aromatic N) is 2. The van der Waals surface area contributed by atoms with Crippen molar-refractivity contribution >= 4 is 23.2 Å². The van der Waals surface area contributed by atoms with Crippen LogP contribution in [0.15, 0.2) is 73.1 Å². The molecule has 0 unspecified atom stereocenters. The maximum Gasteiger partial charge on any atom is 0.344 e. The fourth-order valence-corrected chi connectivity index (χ4v) is 3.41. The smallest absolute Gasteiger partial charge is 0.344 e. The predicted octanol–water partition coefficient (Wildman–Crippen LogP) is 4.42. The van der Waals surface area contributed by atoms with Gasteiger partial charge < -0.3 is 23.9 Å². The van der Waals surface area contributed by atoms with Crippen LogP contribution in [0.1, 0.15) is 28.5 Å². The summed E-state index contributed by atoms with van der Waals surface area (Å²) in [6.07, 6.45) is 3.84. The summed E-state index contributed by atoms with van der Waals surface area (Å²) in [7, 11) is 0. The zero-order valence-electron chi connectivity index (χ0n) is 19.0. The van der Waals surface area contributed by atoms with Crippen molar-refractivity contribution in [3.05, 3.63) is 89.9 Å². The molecular formula is C26H25N3O5. The molecule has 0 aliphatic carbocycles. The Kier molecular flexibility index (Phi) is 7.07. The second-order valence-electron chi connectivity index (χ2n) is 7.51. The van der Waals surface area contributed by atoms with Crippen molar-refractivity contribution < 1.29 is 23.8 Å². The number of aromatic nitrogens is 2. The van der Waals surface area contributed by atoms with Gasteiger partial charge in [0.15, 0.2) is 6.61 Å². The molecule has 2 aromatic carbocycles. The number of para-hydroxylation sites is 1. The lowest BCUT2D eigenvalue weighted by molar-refractivity contribution is -0.145. The predicted molar refractivity (Wildman–Crippen MR) is 127 cm³/mol. The Balaban J connectivity index is 1.42. The molecule has 4 aromatic rings. The van der Waals surface area contributed by atoms with Gasteiger partial charge in [0.2, 0.25) is 0 Å². The number of aryl methyl sites for hydroxylation is 1. The number of amides is 1. The van der Waals surface area contributed by atoms with Gasteiger partial charge >= 0.3 is 5.97 Å². The third-order valence-electron chi connectivity index (χ3n) is 4.99. The van der Waals surface area contributed by atoms with E-state index in [9.17, 15) is 9.59 Å². The molecule has 0 bridgehead atoms. The first-order valence-electron chi connectivity index (χ1n) is 10.9. The van der Waals surface area contributed by atoms with Gasteiger partial charge in [-0.1, -0.05) is 24.3 Å². The number of esters is 1. The minimum Gasteiger partial charge on any atom is -0.486 e. The van der Waals surface area contributed by atoms with Crippen molar-refractivity contribution in [3.8, 4) is 11.5 Å². The van der Waals surface area contributed by atoms with Gasteiger partial charge in [-0.2, -0.15) is 0 Å². The molecule has 1 amide bonds. The van der Waals surface area contributed by atoms with Crippen LogP contribution in [-0.2, 0) is 16.1 Å². The minimum atomic E-state index is -0.455. The van der Waals surface area contributed by atoms with Crippen LogP contribution in [0, 0.1) is 6.92 Å². The lowest BCUT2D eigenvalue weighted by Crippen LogP contribution is -2.15. The molecule has 1 N–H and O–H groups in total. The standard InChI is InChI=1S/C26H25N3O5/c1-3-32-24(30)17-33-21-10-6-9-19(14-21)28-26(31)22-11-4-5-12-23(22)34-16-20-15-29-13-7-8-18(2)25(29)27-20/h4-15H,3,16-17H2,1-2H3,(H,28,31). The summed E-state index contributed by atoms with van der Waals surface area (Å²) >= 11 is 0.